The van der Waals surface area contributed by atoms with Crippen molar-refractivity contribution >= 4 is 62.5 Å². The van der Waals surface area contributed by atoms with Crippen LogP contribution >= 0.6 is 0 Å². The van der Waals surface area contributed by atoms with Crippen molar-refractivity contribution in [2.24, 2.45) is 5.73 Å². The molecule has 9 rings (SSSR count). The highest BCUT2D eigenvalue weighted by Gasteiger charge is 2.28. The second kappa shape index (κ2) is 46.5. The molecular weight excluding hydrogens is 977 g/mol. The number of carboxylic acids is 2. The van der Waals surface area contributed by atoms with Crippen molar-refractivity contribution in [3.63, 3.8) is 0 Å². The Morgan fingerprint density at radius 2 is 0.776 bits per heavy atom. The van der Waals surface area contributed by atoms with Gasteiger partial charge in [0, 0.05) is 34.7 Å². The molecule has 0 unspecified atom stereocenters. The van der Waals surface area contributed by atoms with Gasteiger partial charge in [-0.2, -0.15) is 0 Å². The van der Waals surface area contributed by atoms with Crippen LogP contribution in [0.25, 0.3) is 0 Å². The number of carbonyl (C=O) groups is 9. The van der Waals surface area contributed by atoms with Crippen LogP contribution in [0.1, 0.15) is 176 Å². The van der Waals surface area contributed by atoms with Gasteiger partial charge in [-0.15, -0.1) is 0 Å². The lowest BCUT2D eigenvalue weighted by atomic mass is 10.1. The van der Waals surface area contributed by atoms with Gasteiger partial charge in [0.1, 0.15) is 0 Å². The smallest absolute Gasteiger partial charge is 0.346 e. The molecule has 0 aliphatic carbocycles. The minimum atomic E-state index is -1.23. The van der Waals surface area contributed by atoms with E-state index in [2.05, 4.69) is 54.8 Å². The molecule has 5 aromatic rings. The zero-order valence-electron chi connectivity index (χ0n) is 45.7. The van der Waals surface area contributed by atoms with Crippen molar-refractivity contribution in [3.8, 4) is 0 Å². The zero-order valence-corrected chi connectivity index (χ0v) is 45.7. The molecule has 5 aromatic carbocycles. The number of fused-ring (bicyclic) bond motifs is 3. The number of ether oxygens (including phenoxy) is 4. The van der Waals surface area contributed by atoms with E-state index in [4.69, 9.17) is 19.7 Å². The molecule has 76 heavy (non-hydrogen) atoms. The molecule has 1 saturated heterocycles. The first-order valence-electron chi connectivity index (χ1n) is 24.4. The third-order valence-corrected chi connectivity index (χ3v) is 8.90. The predicted octanol–water partition coefficient (Wildman–Crippen LogP) is 9.85. The number of carbonyl (C=O) groups excluding carboxylic acids is 7. The number of benzene rings is 5. The molecule has 4 heterocycles. The molecule has 4 aliphatic rings. The number of hydrogen-bond acceptors (Lipinski definition) is 14. The number of nitrogens with one attached hydrogen (secondary N) is 2. The molecule has 18 nitrogen and oxygen atoms in total. The lowest BCUT2D eigenvalue weighted by Gasteiger charge is -2.04. The summed E-state index contributed by atoms with van der Waals surface area (Å²) in [6, 6.07) is 33.6. The van der Waals surface area contributed by atoms with Crippen LogP contribution in [-0.2, 0) is 36.8 Å². The quantitative estimate of drug-likeness (QED) is 0.0279. The molecule has 411 valence electrons. The fourth-order valence-electron chi connectivity index (χ4n) is 5.81. The van der Waals surface area contributed by atoms with Gasteiger partial charge in [0.2, 0.25) is 6.41 Å². The van der Waals surface area contributed by atoms with Gasteiger partial charge in [-0.3, -0.25) is 19.7 Å². The van der Waals surface area contributed by atoms with Crippen molar-refractivity contribution in [2.75, 3.05) is 27.4 Å². The second-order valence-corrected chi connectivity index (χ2v) is 13.1. The van der Waals surface area contributed by atoms with E-state index >= 15 is 0 Å². The third-order valence-electron chi connectivity index (χ3n) is 8.90. The molecule has 0 atom stereocenters. The topological polar surface area (TPSA) is 281 Å². The normalized spacial score (nSPS) is 11.4. The van der Waals surface area contributed by atoms with Crippen LogP contribution in [0.4, 0.5) is 0 Å². The standard InChI is InChI=1S/C10H10O4.C8H5NO2.C8H9N.C8H6O4.C8H4O3.C4H8O.5C2H6.CH3NO.B/c1-13-9(11)7-5-3-4-6-8(7)10(12)14-2;10-7-5-3-1-2-4-6(5)8(11)9-7;1-2-4-8-6-9-5-7(8)3-1;9-7(10)5-3-1-2-4-6(5)8(11)12;9-7-5-3-1-2-4-6(5)8(10)11-7;1-2-4-5-3-1;5*1-2;2-1-3;/h3-6H,1-2H3;1-4H,(H,9,10,11);1-4,9H,5-6H2;1-4H,(H,9,10)(H,11,12);1-4H;1-4H2;5*1-2H3;1H,(H2,2,3);. The lowest BCUT2D eigenvalue weighted by molar-refractivity contribution is -0.106. The average molecular weight is 1050 g/mol. The Morgan fingerprint density at radius 3 is 1.05 bits per heavy atom. The summed E-state index contributed by atoms with van der Waals surface area (Å²) >= 11 is 0. The first kappa shape index (κ1) is 74.2. The molecule has 0 bridgehead atoms. The fourth-order valence-corrected chi connectivity index (χ4v) is 5.81. The lowest BCUT2D eigenvalue weighted by Crippen LogP contribution is -2.19. The number of hydrogen-bond donors (Lipinski definition) is 5. The molecular formula is C57H75BN3O15. The number of cyclic esters (lactones) is 2. The van der Waals surface area contributed by atoms with Gasteiger partial charge in [0.25, 0.3) is 11.8 Å². The van der Waals surface area contributed by atoms with E-state index in [0.717, 1.165) is 26.3 Å². The number of aromatic carboxylic acids is 2. The fraction of sp³-hybridized carbons (Fsp3) is 0.316. The van der Waals surface area contributed by atoms with Gasteiger partial charge < -0.3 is 40.2 Å². The molecule has 3 amide bonds. The second-order valence-electron chi connectivity index (χ2n) is 13.1. The minimum Gasteiger partial charge on any atom is -0.478 e. The van der Waals surface area contributed by atoms with Crippen molar-refractivity contribution < 1.29 is 72.3 Å². The van der Waals surface area contributed by atoms with Crippen LogP contribution in [0.5, 0.6) is 0 Å². The first-order valence-corrected chi connectivity index (χ1v) is 24.4. The maximum atomic E-state index is 11.2. The summed E-state index contributed by atoms with van der Waals surface area (Å²) in [6.45, 7) is 24.1. The molecule has 1 fully saturated rings. The predicted molar refractivity (Wildman–Crippen MR) is 294 cm³/mol. The number of esters is 4. The number of imide groups is 1. The van der Waals surface area contributed by atoms with Crippen molar-refractivity contribution in [2.45, 2.75) is 95.2 Å². The van der Waals surface area contributed by atoms with Crippen LogP contribution in [0.15, 0.2) is 121 Å². The maximum absolute atomic E-state index is 11.2. The highest BCUT2D eigenvalue weighted by atomic mass is 16.6. The molecule has 4 aliphatic heterocycles. The zero-order chi connectivity index (χ0) is 57.7. The molecule has 19 heteroatoms. The first-order chi connectivity index (χ1) is 36.3. The van der Waals surface area contributed by atoms with Crippen LogP contribution in [0.2, 0.25) is 0 Å². The Morgan fingerprint density at radius 1 is 0.500 bits per heavy atom. The Balaban J connectivity index is -0.000000395. The van der Waals surface area contributed by atoms with Crippen molar-refractivity contribution in [3.05, 3.63) is 177 Å². The van der Waals surface area contributed by atoms with E-state index in [1.807, 2.05) is 69.2 Å². The summed E-state index contributed by atoms with van der Waals surface area (Å²) < 4.78 is 18.3. The highest BCUT2D eigenvalue weighted by Crippen LogP contribution is 2.19. The summed E-state index contributed by atoms with van der Waals surface area (Å²) in [4.78, 5) is 95.5. The van der Waals surface area contributed by atoms with Crippen LogP contribution in [0.3, 0.4) is 0 Å². The van der Waals surface area contributed by atoms with E-state index in [1.54, 1.807) is 60.7 Å². The number of rotatable bonds is 4. The minimum absolute atomic E-state index is 0. The Kier molecular flexibility index (Phi) is 45.4. The number of amides is 3. The van der Waals surface area contributed by atoms with Crippen LogP contribution < -0.4 is 16.4 Å². The van der Waals surface area contributed by atoms with Gasteiger partial charge in [-0.25, -0.2) is 28.8 Å². The molecule has 6 N–H and O–H groups in total. The van der Waals surface area contributed by atoms with E-state index in [-0.39, 0.29) is 48.9 Å². The largest absolute Gasteiger partial charge is 0.478 e. The highest BCUT2D eigenvalue weighted by molar-refractivity contribution is 6.21. The number of methoxy groups -OCH3 is 2. The van der Waals surface area contributed by atoms with Crippen molar-refractivity contribution in [1.82, 2.24) is 10.6 Å². The molecule has 0 aromatic heterocycles. The van der Waals surface area contributed by atoms with E-state index < -0.39 is 35.8 Å². The summed E-state index contributed by atoms with van der Waals surface area (Å²) in [5, 5.41) is 22.6. The van der Waals surface area contributed by atoms with Gasteiger partial charge >= 0.3 is 35.8 Å². The van der Waals surface area contributed by atoms with Gasteiger partial charge in [0.05, 0.1) is 58.7 Å². The Bertz CT molecular complexity index is 2280. The summed E-state index contributed by atoms with van der Waals surface area (Å²) in [7, 11) is 2.52. The summed E-state index contributed by atoms with van der Waals surface area (Å²) in [5.74, 6) is -5.26. The van der Waals surface area contributed by atoms with Crippen LogP contribution in [0, 0.1) is 0 Å². The Labute approximate surface area is 449 Å². The third kappa shape index (κ3) is 26.6. The number of primary amides is 1. The monoisotopic (exact) mass is 1050 g/mol. The van der Waals surface area contributed by atoms with Crippen LogP contribution in [-0.4, -0.2) is 100 Å². The SMILES string of the molecule is C1CCOC1.CC.CC.CC.CC.CC.COC(=O)c1ccccc1C(=O)OC.NC=O.O=C(O)c1ccccc1C(=O)O.O=C1NC(=O)c2ccccc21.O=C1OC(=O)c2ccccc21.[B].c1ccc2c(c1)CNC2. The molecule has 3 radical (unpaired) electrons. The average Bonchev–Trinajstić information content (AvgIpc) is 4.32. The number of nitrogens with two attached hydrogens (primary N) is 1. The maximum Gasteiger partial charge on any atom is 0.346 e. The number of carboxylic acid groups (broad SMARTS) is 2. The van der Waals surface area contributed by atoms with Gasteiger partial charge in [0.15, 0.2) is 0 Å². The Hall–Kier alpha value is -8.29. The summed E-state index contributed by atoms with van der Waals surface area (Å²) in [5.41, 5.74) is 8.78. The van der Waals surface area contributed by atoms with E-state index in [1.165, 1.54) is 74.6 Å². The van der Waals surface area contributed by atoms with E-state index in [0.29, 0.717) is 22.3 Å². The van der Waals surface area contributed by atoms with Gasteiger partial charge in [-0.05, 0) is 72.5 Å². The molecule has 0 spiro atoms. The van der Waals surface area contributed by atoms with Gasteiger partial charge in [-0.1, -0.05) is 142 Å². The molecule has 0 saturated carbocycles. The summed E-state index contributed by atoms with van der Waals surface area (Å²) in [6.07, 6.45) is 2.81. The van der Waals surface area contributed by atoms with E-state index in [9.17, 15) is 38.4 Å². The van der Waals surface area contributed by atoms with Crippen molar-refractivity contribution in [1.29, 1.82) is 0 Å².